The molecule has 2 aromatic heterocycles. The van der Waals surface area contributed by atoms with Crippen LogP contribution >= 0.6 is 45.9 Å². The minimum atomic E-state index is 0.525. The molecule has 0 aliphatic heterocycles. The summed E-state index contributed by atoms with van der Waals surface area (Å²) in [4.78, 5) is 0. The van der Waals surface area contributed by atoms with E-state index in [4.69, 9.17) is 23.2 Å². The Morgan fingerprint density at radius 1 is 1.26 bits per heavy atom. The third-order valence-corrected chi connectivity index (χ3v) is 4.98. The number of halogens is 2. The van der Waals surface area contributed by atoms with Gasteiger partial charge in [0.1, 0.15) is 14.4 Å². The normalized spacial score (nSPS) is 11.4. The third kappa shape index (κ3) is 4.39. The molecule has 0 bridgehead atoms. The number of hydrogen-bond donors (Lipinski definition) is 1. The van der Waals surface area contributed by atoms with E-state index in [9.17, 15) is 0 Å². The highest BCUT2D eigenvalue weighted by Crippen LogP contribution is 2.39. The van der Waals surface area contributed by atoms with Crippen molar-refractivity contribution in [2.24, 2.45) is 0 Å². The second kappa shape index (κ2) is 6.99. The van der Waals surface area contributed by atoms with Gasteiger partial charge in [-0.1, -0.05) is 48.4 Å². The van der Waals surface area contributed by atoms with E-state index in [0.717, 1.165) is 35.0 Å². The summed E-state index contributed by atoms with van der Waals surface area (Å²) in [7, 11) is 0. The van der Waals surface area contributed by atoms with Gasteiger partial charge in [-0.05, 0) is 19.0 Å². The molecule has 0 radical (unpaired) electrons. The molecule has 104 valence electrons. The van der Waals surface area contributed by atoms with Crippen LogP contribution in [0.3, 0.4) is 0 Å². The molecule has 2 aromatic rings. The molecule has 3 nitrogen and oxygen atoms in total. The van der Waals surface area contributed by atoms with E-state index < -0.39 is 0 Å². The molecular formula is C12H15Cl2N3S2. The van der Waals surface area contributed by atoms with Crippen molar-refractivity contribution in [2.45, 2.75) is 32.7 Å². The molecule has 0 atom stereocenters. The van der Waals surface area contributed by atoms with Crippen molar-refractivity contribution >= 4 is 45.9 Å². The predicted molar refractivity (Wildman–Crippen MR) is 84.7 cm³/mol. The van der Waals surface area contributed by atoms with E-state index in [0.29, 0.717) is 14.7 Å². The molecule has 0 saturated heterocycles. The molecule has 0 spiro atoms. The van der Waals surface area contributed by atoms with E-state index in [2.05, 4.69) is 29.4 Å². The van der Waals surface area contributed by atoms with E-state index in [1.165, 1.54) is 11.3 Å². The van der Waals surface area contributed by atoms with Crippen LogP contribution in [0.2, 0.25) is 8.67 Å². The van der Waals surface area contributed by atoms with Crippen LogP contribution in [0.15, 0.2) is 6.07 Å². The van der Waals surface area contributed by atoms with Crippen molar-refractivity contribution in [1.82, 2.24) is 15.5 Å². The number of aromatic nitrogens is 2. The summed E-state index contributed by atoms with van der Waals surface area (Å²) < 4.78 is 1.35. The number of thiophene rings is 1. The van der Waals surface area contributed by atoms with Crippen molar-refractivity contribution in [3.05, 3.63) is 19.7 Å². The zero-order valence-electron chi connectivity index (χ0n) is 10.7. The van der Waals surface area contributed by atoms with Gasteiger partial charge in [0, 0.05) is 18.0 Å². The average Bonchev–Trinajstić information content (AvgIpc) is 2.91. The van der Waals surface area contributed by atoms with E-state index in [-0.39, 0.29) is 0 Å². The first kappa shape index (κ1) is 15.2. The molecule has 0 aromatic carbocycles. The van der Waals surface area contributed by atoms with E-state index in [1.54, 1.807) is 11.3 Å². The fourth-order valence-electron chi connectivity index (χ4n) is 1.58. The molecule has 19 heavy (non-hydrogen) atoms. The molecule has 0 aliphatic carbocycles. The van der Waals surface area contributed by atoms with E-state index >= 15 is 0 Å². The van der Waals surface area contributed by atoms with Crippen LogP contribution in [0.5, 0.6) is 0 Å². The maximum Gasteiger partial charge on any atom is 0.150 e. The van der Waals surface area contributed by atoms with Gasteiger partial charge in [-0.15, -0.1) is 21.5 Å². The Labute approximate surface area is 131 Å². The molecule has 2 heterocycles. The lowest BCUT2D eigenvalue weighted by Gasteiger charge is -2.05. The second-order valence-corrected chi connectivity index (χ2v) is 7.80. The standard InChI is InChI=1S/C12H15Cl2N3S2/c1-7(2)15-5-3-4-10-16-17-12(19-10)8-6-9(13)18-11(8)14/h6-7,15H,3-5H2,1-2H3. The van der Waals surface area contributed by atoms with Crippen LogP contribution < -0.4 is 5.32 Å². The Bertz CT molecular complexity index is 537. The quantitative estimate of drug-likeness (QED) is 0.789. The first-order valence-corrected chi connectivity index (χ1v) is 8.46. The molecule has 2 rings (SSSR count). The SMILES string of the molecule is CC(C)NCCCc1nnc(-c2cc(Cl)sc2Cl)s1. The Kier molecular flexibility index (Phi) is 5.59. The maximum absolute atomic E-state index is 6.11. The number of rotatable bonds is 6. The van der Waals surface area contributed by atoms with Crippen LogP contribution in [0.4, 0.5) is 0 Å². The average molecular weight is 336 g/mol. The third-order valence-electron chi connectivity index (χ3n) is 2.47. The second-order valence-electron chi connectivity index (χ2n) is 4.45. The number of nitrogens with zero attached hydrogens (tertiary/aromatic N) is 2. The van der Waals surface area contributed by atoms with Crippen LogP contribution in [-0.2, 0) is 6.42 Å². The smallest absolute Gasteiger partial charge is 0.150 e. The highest BCUT2D eigenvalue weighted by atomic mass is 35.5. The van der Waals surface area contributed by atoms with Gasteiger partial charge in [-0.3, -0.25) is 0 Å². The van der Waals surface area contributed by atoms with Gasteiger partial charge in [0.05, 0.1) is 4.34 Å². The van der Waals surface area contributed by atoms with Gasteiger partial charge in [-0.25, -0.2) is 0 Å². The van der Waals surface area contributed by atoms with Crippen LogP contribution in [0.25, 0.3) is 10.6 Å². The topological polar surface area (TPSA) is 37.8 Å². The Hall–Kier alpha value is -0.200. The van der Waals surface area contributed by atoms with Crippen molar-refractivity contribution in [3.63, 3.8) is 0 Å². The van der Waals surface area contributed by atoms with Crippen LogP contribution in [0, 0.1) is 0 Å². The minimum absolute atomic E-state index is 0.525. The molecule has 7 heteroatoms. The summed E-state index contributed by atoms with van der Waals surface area (Å²) >= 11 is 15.0. The molecule has 0 amide bonds. The summed E-state index contributed by atoms with van der Waals surface area (Å²) in [5.74, 6) is 0. The molecule has 0 unspecified atom stereocenters. The summed E-state index contributed by atoms with van der Waals surface area (Å²) in [6.45, 7) is 5.29. The largest absolute Gasteiger partial charge is 0.315 e. The lowest BCUT2D eigenvalue weighted by Crippen LogP contribution is -2.23. The fourth-order valence-corrected chi connectivity index (χ4v) is 4.07. The Morgan fingerprint density at radius 3 is 2.68 bits per heavy atom. The van der Waals surface area contributed by atoms with Gasteiger partial charge < -0.3 is 5.32 Å². The number of hydrogen-bond acceptors (Lipinski definition) is 5. The summed E-state index contributed by atoms with van der Waals surface area (Å²) in [6, 6.07) is 2.37. The van der Waals surface area contributed by atoms with Crippen LogP contribution in [-0.4, -0.2) is 22.8 Å². The summed E-state index contributed by atoms with van der Waals surface area (Å²) in [6.07, 6.45) is 2.00. The zero-order valence-corrected chi connectivity index (χ0v) is 13.9. The number of aryl methyl sites for hydroxylation is 1. The molecule has 1 N–H and O–H groups in total. The van der Waals surface area contributed by atoms with Gasteiger partial charge in [-0.2, -0.15) is 0 Å². The Morgan fingerprint density at radius 2 is 2.05 bits per heavy atom. The van der Waals surface area contributed by atoms with Crippen molar-refractivity contribution < 1.29 is 0 Å². The van der Waals surface area contributed by atoms with Crippen LogP contribution in [0.1, 0.15) is 25.3 Å². The van der Waals surface area contributed by atoms with Crippen molar-refractivity contribution in [2.75, 3.05) is 6.54 Å². The minimum Gasteiger partial charge on any atom is -0.315 e. The lowest BCUT2D eigenvalue weighted by molar-refractivity contribution is 0.569. The monoisotopic (exact) mass is 335 g/mol. The summed E-state index contributed by atoms with van der Waals surface area (Å²) in [5.41, 5.74) is 0.890. The molecule has 0 fully saturated rings. The van der Waals surface area contributed by atoms with Crippen molar-refractivity contribution in [3.8, 4) is 10.6 Å². The molecular weight excluding hydrogens is 321 g/mol. The highest BCUT2D eigenvalue weighted by molar-refractivity contribution is 7.21. The zero-order chi connectivity index (χ0) is 13.8. The van der Waals surface area contributed by atoms with Gasteiger partial charge in [0.2, 0.25) is 0 Å². The Balaban J connectivity index is 1.94. The van der Waals surface area contributed by atoms with Crippen molar-refractivity contribution in [1.29, 1.82) is 0 Å². The van der Waals surface area contributed by atoms with Gasteiger partial charge in [0.25, 0.3) is 0 Å². The maximum atomic E-state index is 6.11. The fraction of sp³-hybridized carbons (Fsp3) is 0.500. The predicted octanol–water partition coefficient (Wildman–Crippen LogP) is 4.50. The molecule has 0 saturated carbocycles. The lowest BCUT2D eigenvalue weighted by atomic mass is 10.3. The first-order chi connectivity index (χ1) is 9.06. The summed E-state index contributed by atoms with van der Waals surface area (Å²) in [5, 5.41) is 13.7. The first-order valence-electron chi connectivity index (χ1n) is 6.07. The molecule has 0 aliphatic rings. The highest BCUT2D eigenvalue weighted by Gasteiger charge is 2.13. The number of nitrogens with one attached hydrogen (secondary N) is 1. The van der Waals surface area contributed by atoms with Gasteiger partial charge >= 0.3 is 0 Å². The van der Waals surface area contributed by atoms with Gasteiger partial charge in [0.15, 0.2) is 0 Å². The van der Waals surface area contributed by atoms with E-state index in [1.807, 2.05) is 6.07 Å².